The zero-order valence-electron chi connectivity index (χ0n) is 10.7. The molecule has 98 valence electrons. The van der Waals surface area contributed by atoms with Gasteiger partial charge in [0.05, 0.1) is 6.42 Å². The van der Waals surface area contributed by atoms with E-state index >= 15 is 0 Å². The molecule has 0 radical (unpaired) electrons. The van der Waals surface area contributed by atoms with Gasteiger partial charge >= 0.3 is 0 Å². The highest BCUT2D eigenvalue weighted by Crippen LogP contribution is 2.18. The molecule has 3 nitrogen and oxygen atoms in total. The van der Waals surface area contributed by atoms with Crippen molar-refractivity contribution in [3.05, 3.63) is 34.9 Å². The lowest BCUT2D eigenvalue weighted by Crippen LogP contribution is -2.41. The lowest BCUT2D eigenvalue weighted by Gasteiger charge is -2.24. The van der Waals surface area contributed by atoms with Crippen LogP contribution in [-0.4, -0.2) is 37.0 Å². The summed E-state index contributed by atoms with van der Waals surface area (Å²) in [5.74, 6) is 0.218. The average Bonchev–Trinajstić information content (AvgIpc) is 2.81. The zero-order valence-corrected chi connectivity index (χ0v) is 11.4. The summed E-state index contributed by atoms with van der Waals surface area (Å²) in [6, 6.07) is 7.86. The van der Waals surface area contributed by atoms with Gasteiger partial charge < -0.3 is 10.2 Å². The second-order valence-corrected chi connectivity index (χ2v) is 5.18. The maximum Gasteiger partial charge on any atom is 0.227 e. The minimum Gasteiger partial charge on any atom is -0.338 e. The number of hydrogen-bond acceptors (Lipinski definition) is 2. The Bertz CT molecular complexity index is 405. The van der Waals surface area contributed by atoms with Gasteiger partial charge in [0.1, 0.15) is 0 Å². The number of nitrogens with zero attached hydrogens (tertiary/aromatic N) is 1. The third-order valence-electron chi connectivity index (χ3n) is 3.41. The molecule has 1 aliphatic rings. The Balaban J connectivity index is 1.96. The van der Waals surface area contributed by atoms with Crippen LogP contribution in [0.2, 0.25) is 5.02 Å². The van der Waals surface area contributed by atoms with Crippen LogP contribution < -0.4 is 5.32 Å². The molecule has 1 aromatic rings. The normalized spacial score (nSPS) is 19.2. The lowest BCUT2D eigenvalue weighted by molar-refractivity contribution is -0.131. The number of halogens is 1. The van der Waals surface area contributed by atoms with E-state index in [0.717, 1.165) is 31.5 Å². The van der Waals surface area contributed by atoms with Crippen molar-refractivity contribution in [2.24, 2.45) is 0 Å². The SMILES string of the molecule is CNCC1CCCN1C(=O)Cc1ccc(Cl)cc1. The van der Waals surface area contributed by atoms with Gasteiger partial charge in [0.2, 0.25) is 5.91 Å². The summed E-state index contributed by atoms with van der Waals surface area (Å²) < 4.78 is 0. The summed E-state index contributed by atoms with van der Waals surface area (Å²) in [6.45, 7) is 1.77. The molecule has 1 saturated heterocycles. The molecule has 1 atom stereocenters. The van der Waals surface area contributed by atoms with E-state index in [2.05, 4.69) is 5.32 Å². The number of hydrogen-bond donors (Lipinski definition) is 1. The fraction of sp³-hybridized carbons (Fsp3) is 0.500. The van der Waals surface area contributed by atoms with Gasteiger partial charge in [-0.05, 0) is 37.6 Å². The molecule has 1 N–H and O–H groups in total. The molecule has 1 heterocycles. The predicted octanol–water partition coefficient (Wildman–Crippen LogP) is 2.09. The summed E-state index contributed by atoms with van der Waals surface area (Å²) in [4.78, 5) is 14.3. The molecule has 0 saturated carbocycles. The van der Waals surface area contributed by atoms with Crippen LogP contribution in [0.1, 0.15) is 18.4 Å². The van der Waals surface area contributed by atoms with Gasteiger partial charge in [-0.3, -0.25) is 4.79 Å². The molecule has 1 aromatic carbocycles. The van der Waals surface area contributed by atoms with Gasteiger partial charge in [0.15, 0.2) is 0 Å². The molecular weight excluding hydrogens is 248 g/mol. The Morgan fingerprint density at radius 3 is 2.83 bits per heavy atom. The minimum atomic E-state index is 0.218. The number of benzene rings is 1. The van der Waals surface area contributed by atoms with Gasteiger partial charge in [-0.1, -0.05) is 23.7 Å². The van der Waals surface area contributed by atoms with Crippen LogP contribution in [0.15, 0.2) is 24.3 Å². The van der Waals surface area contributed by atoms with Crippen LogP contribution in [0.4, 0.5) is 0 Å². The number of amides is 1. The number of likely N-dealkylation sites (tertiary alicyclic amines) is 1. The second kappa shape index (κ2) is 6.21. The molecule has 0 aromatic heterocycles. The maximum atomic E-state index is 12.3. The van der Waals surface area contributed by atoms with Gasteiger partial charge in [-0.25, -0.2) is 0 Å². The smallest absolute Gasteiger partial charge is 0.227 e. The molecular formula is C14H19ClN2O. The van der Waals surface area contributed by atoms with E-state index in [1.807, 2.05) is 36.2 Å². The Hall–Kier alpha value is -1.06. The first-order valence-corrected chi connectivity index (χ1v) is 6.77. The molecule has 1 fully saturated rings. The van der Waals surface area contributed by atoms with Crippen molar-refractivity contribution in [1.82, 2.24) is 10.2 Å². The fourth-order valence-corrected chi connectivity index (χ4v) is 2.62. The summed E-state index contributed by atoms with van der Waals surface area (Å²) >= 11 is 5.84. The molecule has 1 aliphatic heterocycles. The third-order valence-corrected chi connectivity index (χ3v) is 3.66. The summed E-state index contributed by atoms with van der Waals surface area (Å²) in [7, 11) is 1.93. The van der Waals surface area contributed by atoms with Crippen molar-refractivity contribution in [2.75, 3.05) is 20.1 Å². The second-order valence-electron chi connectivity index (χ2n) is 4.74. The van der Waals surface area contributed by atoms with E-state index in [1.54, 1.807) is 0 Å². The van der Waals surface area contributed by atoms with Gasteiger partial charge in [-0.2, -0.15) is 0 Å². The van der Waals surface area contributed by atoms with Crippen molar-refractivity contribution < 1.29 is 4.79 Å². The highest BCUT2D eigenvalue weighted by molar-refractivity contribution is 6.30. The predicted molar refractivity (Wildman–Crippen MR) is 73.8 cm³/mol. The van der Waals surface area contributed by atoms with Gasteiger partial charge in [0.25, 0.3) is 0 Å². The van der Waals surface area contributed by atoms with Crippen LogP contribution in [0, 0.1) is 0 Å². The van der Waals surface area contributed by atoms with Crippen LogP contribution >= 0.6 is 11.6 Å². The highest BCUT2D eigenvalue weighted by atomic mass is 35.5. The molecule has 2 rings (SSSR count). The molecule has 4 heteroatoms. The number of rotatable bonds is 4. The van der Waals surface area contributed by atoms with E-state index in [-0.39, 0.29) is 5.91 Å². The van der Waals surface area contributed by atoms with Crippen molar-refractivity contribution in [2.45, 2.75) is 25.3 Å². The highest BCUT2D eigenvalue weighted by Gasteiger charge is 2.27. The largest absolute Gasteiger partial charge is 0.338 e. The van der Waals surface area contributed by atoms with Crippen LogP contribution in [0.25, 0.3) is 0 Å². The number of likely N-dealkylation sites (N-methyl/N-ethyl adjacent to an activating group) is 1. The Kier molecular flexibility index (Phi) is 4.61. The Morgan fingerprint density at radius 2 is 2.17 bits per heavy atom. The zero-order chi connectivity index (χ0) is 13.0. The average molecular weight is 267 g/mol. The van der Waals surface area contributed by atoms with E-state index in [0.29, 0.717) is 17.5 Å². The first-order valence-electron chi connectivity index (χ1n) is 6.39. The summed E-state index contributed by atoms with van der Waals surface area (Å²) in [5.41, 5.74) is 1.03. The summed E-state index contributed by atoms with van der Waals surface area (Å²) in [6.07, 6.45) is 2.68. The van der Waals surface area contributed by atoms with E-state index in [9.17, 15) is 4.79 Å². The first-order chi connectivity index (χ1) is 8.70. The van der Waals surface area contributed by atoms with E-state index in [4.69, 9.17) is 11.6 Å². The van der Waals surface area contributed by atoms with Crippen molar-refractivity contribution in [1.29, 1.82) is 0 Å². The van der Waals surface area contributed by atoms with E-state index < -0.39 is 0 Å². The fourth-order valence-electron chi connectivity index (χ4n) is 2.49. The Labute approximate surface area is 113 Å². The summed E-state index contributed by atoms with van der Waals surface area (Å²) in [5, 5.41) is 3.86. The Morgan fingerprint density at radius 1 is 1.44 bits per heavy atom. The molecule has 0 bridgehead atoms. The van der Waals surface area contributed by atoms with Gasteiger partial charge in [0, 0.05) is 24.2 Å². The van der Waals surface area contributed by atoms with Crippen molar-refractivity contribution >= 4 is 17.5 Å². The molecule has 0 spiro atoms. The maximum absolute atomic E-state index is 12.3. The van der Waals surface area contributed by atoms with Crippen LogP contribution in [-0.2, 0) is 11.2 Å². The van der Waals surface area contributed by atoms with Crippen LogP contribution in [0.5, 0.6) is 0 Å². The minimum absolute atomic E-state index is 0.218. The lowest BCUT2D eigenvalue weighted by atomic mass is 10.1. The molecule has 1 amide bonds. The quantitative estimate of drug-likeness (QED) is 0.905. The van der Waals surface area contributed by atoms with E-state index in [1.165, 1.54) is 0 Å². The standard InChI is InChI=1S/C14H19ClN2O/c1-16-10-13-3-2-8-17(13)14(18)9-11-4-6-12(15)7-5-11/h4-7,13,16H,2-3,8-10H2,1H3. The molecule has 18 heavy (non-hydrogen) atoms. The van der Waals surface area contributed by atoms with Gasteiger partial charge in [-0.15, -0.1) is 0 Å². The molecule has 0 aliphatic carbocycles. The van der Waals surface area contributed by atoms with Crippen LogP contribution in [0.3, 0.4) is 0 Å². The first kappa shape index (κ1) is 13.4. The monoisotopic (exact) mass is 266 g/mol. The third kappa shape index (κ3) is 3.24. The number of carbonyl (C=O) groups is 1. The molecule has 1 unspecified atom stereocenters. The van der Waals surface area contributed by atoms with Crippen molar-refractivity contribution in [3.63, 3.8) is 0 Å². The number of carbonyl (C=O) groups excluding carboxylic acids is 1. The topological polar surface area (TPSA) is 32.3 Å². The van der Waals surface area contributed by atoms with Crippen molar-refractivity contribution in [3.8, 4) is 0 Å². The number of nitrogens with one attached hydrogen (secondary N) is 1.